The van der Waals surface area contributed by atoms with Crippen LogP contribution in [0.5, 0.6) is 11.5 Å². The van der Waals surface area contributed by atoms with Gasteiger partial charge in [0.2, 0.25) is 6.79 Å². The van der Waals surface area contributed by atoms with Crippen LogP contribution in [0.25, 0.3) is 0 Å². The molecule has 0 radical (unpaired) electrons. The van der Waals surface area contributed by atoms with Crippen LogP contribution in [0.1, 0.15) is 49.3 Å². The van der Waals surface area contributed by atoms with Gasteiger partial charge in [-0.2, -0.15) is 0 Å². The number of hydrogen-bond acceptors (Lipinski definition) is 7. The zero-order valence-corrected chi connectivity index (χ0v) is 19.3. The van der Waals surface area contributed by atoms with E-state index in [0.29, 0.717) is 34.8 Å². The molecule has 7 heteroatoms. The van der Waals surface area contributed by atoms with Gasteiger partial charge in [-0.25, -0.2) is 4.79 Å². The van der Waals surface area contributed by atoms with Gasteiger partial charge in [-0.1, -0.05) is 36.4 Å². The lowest BCUT2D eigenvalue weighted by Gasteiger charge is -2.34. The predicted octanol–water partition coefficient (Wildman–Crippen LogP) is 4.31. The Morgan fingerprint density at radius 2 is 1.91 bits per heavy atom. The maximum absolute atomic E-state index is 13.5. The number of Topliss-reactive ketones (excluding diaryl/α,β-unsaturated/α-hetero) is 1. The minimum absolute atomic E-state index is 0.0493. The molecule has 0 bridgehead atoms. The summed E-state index contributed by atoms with van der Waals surface area (Å²) < 4.78 is 22.4. The van der Waals surface area contributed by atoms with Crippen molar-refractivity contribution in [3.8, 4) is 11.5 Å². The average molecular weight is 462 g/mol. The highest BCUT2D eigenvalue weighted by Crippen LogP contribution is 2.45. The molecule has 0 saturated carbocycles. The summed E-state index contributed by atoms with van der Waals surface area (Å²) in [5.74, 6) is 0.292. The fourth-order valence-corrected chi connectivity index (χ4v) is 4.88. The van der Waals surface area contributed by atoms with Gasteiger partial charge >= 0.3 is 5.97 Å². The molecule has 2 aromatic rings. The highest BCUT2D eigenvalue weighted by molar-refractivity contribution is 6.03. The van der Waals surface area contributed by atoms with Gasteiger partial charge in [0.15, 0.2) is 17.3 Å². The summed E-state index contributed by atoms with van der Waals surface area (Å²) >= 11 is 0. The van der Waals surface area contributed by atoms with E-state index in [1.165, 1.54) is 0 Å². The Morgan fingerprint density at radius 1 is 1.12 bits per heavy atom. The molecule has 0 saturated heterocycles. The molecule has 0 unspecified atom stereocenters. The molecular weight excluding hydrogens is 434 g/mol. The van der Waals surface area contributed by atoms with E-state index in [0.717, 1.165) is 29.7 Å². The standard InChI is InChI=1S/C27H27NO6/c1-16-24(27(30)32-14-23(31-2)17-7-4-3-5-8-17)25(26-19(28-16)9-6-10-20(26)29)18-11-12-21-22(13-18)34-15-33-21/h3-5,7-8,11-13,23,25,28H,6,9-10,14-15H2,1-2H3/t23-,25-/m0/s1. The molecule has 1 N–H and O–H groups in total. The second kappa shape index (κ2) is 9.35. The van der Waals surface area contributed by atoms with Crippen molar-refractivity contribution in [1.29, 1.82) is 0 Å². The summed E-state index contributed by atoms with van der Waals surface area (Å²) in [6, 6.07) is 15.2. The second-order valence-corrected chi connectivity index (χ2v) is 8.61. The molecule has 0 fully saturated rings. The van der Waals surface area contributed by atoms with Crippen LogP contribution < -0.4 is 14.8 Å². The van der Waals surface area contributed by atoms with Crippen molar-refractivity contribution in [2.24, 2.45) is 0 Å². The lowest BCUT2D eigenvalue weighted by Crippen LogP contribution is -2.34. The van der Waals surface area contributed by atoms with E-state index < -0.39 is 18.0 Å². The number of dihydropyridines is 1. The van der Waals surface area contributed by atoms with E-state index in [-0.39, 0.29) is 19.2 Å². The number of carbonyl (C=O) groups excluding carboxylic acids is 2. The predicted molar refractivity (Wildman–Crippen MR) is 124 cm³/mol. The molecule has 1 aliphatic carbocycles. The van der Waals surface area contributed by atoms with Crippen LogP contribution in [0.4, 0.5) is 0 Å². The van der Waals surface area contributed by atoms with Gasteiger partial charge in [-0.3, -0.25) is 4.79 Å². The number of methoxy groups -OCH3 is 1. The molecule has 3 aliphatic rings. The molecule has 2 aromatic carbocycles. The van der Waals surface area contributed by atoms with Crippen molar-refractivity contribution in [2.45, 2.75) is 38.2 Å². The summed E-state index contributed by atoms with van der Waals surface area (Å²) in [5, 5.41) is 3.32. The van der Waals surface area contributed by atoms with Crippen molar-refractivity contribution in [3.05, 3.63) is 82.2 Å². The van der Waals surface area contributed by atoms with Crippen molar-refractivity contribution < 1.29 is 28.5 Å². The Labute approximate surface area is 198 Å². The highest BCUT2D eigenvalue weighted by Gasteiger charge is 2.39. The molecule has 7 nitrogen and oxygen atoms in total. The van der Waals surface area contributed by atoms with Crippen LogP contribution in [0, 0.1) is 0 Å². The Kier molecular flexibility index (Phi) is 6.11. The maximum atomic E-state index is 13.5. The fourth-order valence-electron chi connectivity index (χ4n) is 4.88. The zero-order valence-electron chi connectivity index (χ0n) is 19.3. The summed E-state index contributed by atoms with van der Waals surface area (Å²) in [4.78, 5) is 26.6. The summed E-state index contributed by atoms with van der Waals surface area (Å²) in [6.07, 6.45) is 1.63. The number of fused-ring (bicyclic) bond motifs is 1. The minimum atomic E-state index is -0.538. The number of carbonyl (C=O) groups is 2. The third-order valence-electron chi connectivity index (χ3n) is 6.55. The summed E-state index contributed by atoms with van der Waals surface area (Å²) in [5.41, 5.74) is 4.35. The molecule has 2 heterocycles. The smallest absolute Gasteiger partial charge is 0.336 e. The topological polar surface area (TPSA) is 83.1 Å². The van der Waals surface area contributed by atoms with Crippen molar-refractivity contribution in [1.82, 2.24) is 5.32 Å². The van der Waals surface area contributed by atoms with E-state index in [4.69, 9.17) is 18.9 Å². The van der Waals surface area contributed by atoms with Gasteiger partial charge in [0.1, 0.15) is 12.7 Å². The van der Waals surface area contributed by atoms with E-state index in [9.17, 15) is 9.59 Å². The number of esters is 1. The molecule has 176 valence electrons. The van der Waals surface area contributed by atoms with Gasteiger partial charge in [0.25, 0.3) is 0 Å². The lowest BCUT2D eigenvalue weighted by molar-refractivity contribution is -0.143. The van der Waals surface area contributed by atoms with Crippen LogP contribution in [0.3, 0.4) is 0 Å². The first-order valence-corrected chi connectivity index (χ1v) is 11.4. The van der Waals surface area contributed by atoms with E-state index in [1.807, 2.05) is 55.5 Å². The molecule has 2 aliphatic heterocycles. The number of ketones is 1. The van der Waals surface area contributed by atoms with Crippen LogP contribution in [0.2, 0.25) is 0 Å². The molecule has 0 aromatic heterocycles. The third-order valence-corrected chi connectivity index (χ3v) is 6.55. The lowest BCUT2D eigenvalue weighted by atomic mass is 9.75. The van der Waals surface area contributed by atoms with Crippen LogP contribution >= 0.6 is 0 Å². The van der Waals surface area contributed by atoms with Crippen LogP contribution in [-0.4, -0.2) is 32.3 Å². The maximum Gasteiger partial charge on any atom is 0.336 e. The van der Waals surface area contributed by atoms with Crippen molar-refractivity contribution in [2.75, 3.05) is 20.5 Å². The molecule has 0 spiro atoms. The number of allylic oxidation sites excluding steroid dienone is 3. The Morgan fingerprint density at radius 3 is 2.71 bits per heavy atom. The average Bonchev–Trinajstić information content (AvgIpc) is 3.32. The number of nitrogens with one attached hydrogen (secondary N) is 1. The molecule has 0 amide bonds. The van der Waals surface area contributed by atoms with Crippen molar-refractivity contribution >= 4 is 11.8 Å². The van der Waals surface area contributed by atoms with Crippen LogP contribution in [-0.2, 0) is 19.1 Å². The van der Waals surface area contributed by atoms with Gasteiger partial charge in [0.05, 0.1) is 5.57 Å². The first kappa shape index (κ1) is 22.2. The van der Waals surface area contributed by atoms with Gasteiger partial charge in [-0.05, 0) is 43.0 Å². The van der Waals surface area contributed by atoms with Crippen LogP contribution in [0.15, 0.2) is 71.1 Å². The zero-order chi connectivity index (χ0) is 23.7. The second-order valence-electron chi connectivity index (χ2n) is 8.61. The van der Waals surface area contributed by atoms with E-state index in [1.54, 1.807) is 7.11 Å². The minimum Gasteiger partial charge on any atom is -0.459 e. The first-order valence-electron chi connectivity index (χ1n) is 11.4. The number of ether oxygens (including phenoxy) is 4. The molecule has 5 rings (SSSR count). The number of rotatable bonds is 6. The highest BCUT2D eigenvalue weighted by atomic mass is 16.7. The first-order chi connectivity index (χ1) is 16.6. The molecular formula is C27H27NO6. The van der Waals surface area contributed by atoms with E-state index in [2.05, 4.69) is 5.32 Å². The number of hydrogen-bond donors (Lipinski definition) is 1. The number of benzene rings is 2. The van der Waals surface area contributed by atoms with Gasteiger partial charge in [0, 0.05) is 36.4 Å². The van der Waals surface area contributed by atoms with Crippen molar-refractivity contribution in [3.63, 3.8) is 0 Å². The SMILES string of the molecule is CO[C@@H](COC(=O)C1=C(C)NC2=C(C(=O)CCC2)[C@H]1c1ccc2c(c1)OCO2)c1ccccc1. The quantitative estimate of drug-likeness (QED) is 0.642. The Hall–Kier alpha value is -3.58. The summed E-state index contributed by atoms with van der Waals surface area (Å²) in [7, 11) is 1.59. The monoisotopic (exact) mass is 461 g/mol. The molecule has 34 heavy (non-hydrogen) atoms. The van der Waals surface area contributed by atoms with Gasteiger partial charge < -0.3 is 24.3 Å². The normalized spacial score (nSPS) is 20.1. The Bertz CT molecular complexity index is 1180. The van der Waals surface area contributed by atoms with Gasteiger partial charge in [-0.15, -0.1) is 0 Å². The summed E-state index contributed by atoms with van der Waals surface area (Å²) in [6.45, 7) is 2.06. The third kappa shape index (κ3) is 4.07. The fraction of sp³-hybridized carbons (Fsp3) is 0.333. The largest absolute Gasteiger partial charge is 0.459 e. The molecule has 2 atom stereocenters. The van der Waals surface area contributed by atoms with E-state index >= 15 is 0 Å². The Balaban J connectivity index is 1.48.